The number of benzene rings is 3. The molecule has 0 aromatic heterocycles. The summed E-state index contributed by atoms with van der Waals surface area (Å²) in [5.74, 6) is 0.425. The normalized spacial score (nSPS) is 10.5. The van der Waals surface area contributed by atoms with Gasteiger partial charge in [-0.25, -0.2) is 4.39 Å². The van der Waals surface area contributed by atoms with Crippen molar-refractivity contribution in [3.63, 3.8) is 0 Å². The molecule has 1 N–H and O–H groups in total. The van der Waals surface area contributed by atoms with Gasteiger partial charge in [-0.15, -0.1) is 11.8 Å². The van der Waals surface area contributed by atoms with Crippen molar-refractivity contribution in [1.82, 2.24) is 0 Å². The summed E-state index contributed by atoms with van der Waals surface area (Å²) in [5, 5.41) is 2.74. The Morgan fingerprint density at radius 1 is 0.933 bits per heavy atom. The van der Waals surface area contributed by atoms with Gasteiger partial charge >= 0.3 is 0 Å². The number of nitrogens with zero attached hydrogens (tertiary/aromatic N) is 1. The van der Waals surface area contributed by atoms with Crippen LogP contribution < -0.4 is 10.2 Å². The number of halogens is 1. The van der Waals surface area contributed by atoms with Crippen LogP contribution in [0.25, 0.3) is 0 Å². The third kappa shape index (κ3) is 5.94. The minimum atomic E-state index is -0.338. The van der Waals surface area contributed by atoms with E-state index in [1.165, 1.54) is 36.0 Å². The Balaban J connectivity index is 1.51. The molecular weight excluding hydrogens is 399 g/mol. The molecule has 3 rings (SSSR count). The summed E-state index contributed by atoms with van der Waals surface area (Å²) in [6, 6.07) is 22.7. The van der Waals surface area contributed by atoms with E-state index in [1.807, 2.05) is 61.5 Å². The molecule has 0 unspecified atom stereocenters. The molecule has 30 heavy (non-hydrogen) atoms. The smallest absolute Gasteiger partial charge is 0.258 e. The fourth-order valence-corrected chi connectivity index (χ4v) is 3.73. The predicted octanol–water partition coefficient (Wildman–Crippen LogP) is 5.36. The fraction of sp³-hybridized carbons (Fsp3) is 0.167. The van der Waals surface area contributed by atoms with E-state index in [1.54, 1.807) is 4.90 Å². The Morgan fingerprint density at radius 2 is 1.60 bits per heavy atom. The van der Waals surface area contributed by atoms with Gasteiger partial charge in [-0.1, -0.05) is 30.3 Å². The molecule has 2 amide bonds. The molecule has 0 spiro atoms. The topological polar surface area (TPSA) is 49.4 Å². The van der Waals surface area contributed by atoms with Crippen LogP contribution in [0.4, 0.5) is 15.8 Å². The Hall–Kier alpha value is -3.12. The molecule has 4 nitrogen and oxygen atoms in total. The van der Waals surface area contributed by atoms with E-state index >= 15 is 0 Å². The second-order valence-electron chi connectivity index (χ2n) is 6.63. The van der Waals surface area contributed by atoms with Crippen molar-refractivity contribution in [2.45, 2.75) is 12.7 Å². The highest BCUT2D eigenvalue weighted by atomic mass is 32.2. The number of carbonyl (C=O) groups is 2. The highest BCUT2D eigenvalue weighted by Crippen LogP contribution is 2.19. The number of amides is 2. The van der Waals surface area contributed by atoms with Crippen LogP contribution in [0.15, 0.2) is 78.9 Å². The monoisotopic (exact) mass is 422 g/mol. The minimum absolute atomic E-state index is 0.0402. The first-order chi connectivity index (χ1) is 14.6. The molecule has 0 aliphatic carbocycles. The molecule has 3 aromatic rings. The van der Waals surface area contributed by atoms with Crippen LogP contribution in [0, 0.1) is 5.82 Å². The van der Waals surface area contributed by atoms with Crippen LogP contribution >= 0.6 is 11.8 Å². The van der Waals surface area contributed by atoms with Gasteiger partial charge in [0.15, 0.2) is 0 Å². The molecule has 0 aliphatic rings. The molecule has 6 heteroatoms. The molecule has 0 aliphatic heterocycles. The molecule has 154 valence electrons. The van der Waals surface area contributed by atoms with Crippen molar-refractivity contribution < 1.29 is 14.0 Å². The summed E-state index contributed by atoms with van der Waals surface area (Å²) >= 11 is 1.48. The lowest BCUT2D eigenvalue weighted by Crippen LogP contribution is -2.30. The summed E-state index contributed by atoms with van der Waals surface area (Å²) < 4.78 is 12.9. The maximum absolute atomic E-state index is 12.9. The highest BCUT2D eigenvalue weighted by Gasteiger charge is 2.15. The summed E-state index contributed by atoms with van der Waals surface area (Å²) in [4.78, 5) is 26.6. The van der Waals surface area contributed by atoms with Crippen LogP contribution in [0.2, 0.25) is 0 Å². The standard InChI is InChI=1S/C24H23FN2O2S/c1-2-27(22-6-4-3-5-7-22)24(29)19-10-8-18(9-11-19)16-30-17-23(28)26-21-14-12-20(25)13-15-21/h3-15H,2,16-17H2,1H3,(H,26,28). The Bertz CT molecular complexity index is 976. The van der Waals surface area contributed by atoms with Crippen LogP contribution in [0.5, 0.6) is 0 Å². The van der Waals surface area contributed by atoms with E-state index in [4.69, 9.17) is 0 Å². The molecule has 0 saturated carbocycles. The third-order valence-corrected chi connectivity index (χ3v) is 5.46. The second-order valence-corrected chi connectivity index (χ2v) is 7.62. The zero-order valence-corrected chi connectivity index (χ0v) is 17.5. The van der Waals surface area contributed by atoms with Crippen molar-refractivity contribution in [2.24, 2.45) is 0 Å². The van der Waals surface area contributed by atoms with Crippen LogP contribution in [-0.2, 0) is 10.5 Å². The van der Waals surface area contributed by atoms with E-state index in [-0.39, 0.29) is 23.4 Å². The Kier molecular flexibility index (Phi) is 7.63. The van der Waals surface area contributed by atoms with Gasteiger partial charge < -0.3 is 10.2 Å². The first-order valence-corrected chi connectivity index (χ1v) is 10.8. The van der Waals surface area contributed by atoms with Gasteiger partial charge in [-0.05, 0) is 61.0 Å². The number of thioether (sulfide) groups is 1. The van der Waals surface area contributed by atoms with Gasteiger partial charge in [-0.2, -0.15) is 0 Å². The molecule has 0 saturated heterocycles. The van der Waals surface area contributed by atoms with Gasteiger partial charge in [0, 0.05) is 29.2 Å². The lowest BCUT2D eigenvalue weighted by Gasteiger charge is -2.21. The SMILES string of the molecule is CCN(C(=O)c1ccc(CSCC(=O)Nc2ccc(F)cc2)cc1)c1ccccc1. The summed E-state index contributed by atoms with van der Waals surface area (Å²) in [6.07, 6.45) is 0. The molecule has 0 radical (unpaired) electrons. The second kappa shape index (κ2) is 10.6. The van der Waals surface area contributed by atoms with Gasteiger partial charge in [0.1, 0.15) is 5.82 Å². The molecular formula is C24H23FN2O2S. The van der Waals surface area contributed by atoms with E-state index < -0.39 is 0 Å². The largest absolute Gasteiger partial charge is 0.325 e. The number of hydrogen-bond acceptors (Lipinski definition) is 3. The fourth-order valence-electron chi connectivity index (χ4n) is 2.94. The van der Waals surface area contributed by atoms with Crippen molar-refractivity contribution in [3.05, 3.63) is 95.8 Å². The Morgan fingerprint density at radius 3 is 2.23 bits per heavy atom. The van der Waals surface area contributed by atoms with Gasteiger partial charge in [-0.3, -0.25) is 9.59 Å². The quantitative estimate of drug-likeness (QED) is 0.531. The van der Waals surface area contributed by atoms with Gasteiger partial charge in [0.25, 0.3) is 5.91 Å². The van der Waals surface area contributed by atoms with E-state index in [9.17, 15) is 14.0 Å². The van der Waals surface area contributed by atoms with E-state index in [0.717, 1.165) is 11.3 Å². The lowest BCUT2D eigenvalue weighted by molar-refractivity contribution is -0.113. The summed E-state index contributed by atoms with van der Waals surface area (Å²) in [5.41, 5.74) is 3.11. The zero-order valence-electron chi connectivity index (χ0n) is 16.7. The van der Waals surface area contributed by atoms with E-state index in [2.05, 4.69) is 5.32 Å². The molecule has 0 atom stereocenters. The average molecular weight is 423 g/mol. The third-order valence-electron chi connectivity index (χ3n) is 4.46. The van der Waals surface area contributed by atoms with Crippen molar-refractivity contribution in [3.8, 4) is 0 Å². The Labute approximate surface area is 180 Å². The maximum atomic E-state index is 12.9. The van der Waals surface area contributed by atoms with Crippen LogP contribution in [0.3, 0.4) is 0 Å². The number of rotatable bonds is 8. The highest BCUT2D eigenvalue weighted by molar-refractivity contribution is 7.99. The van der Waals surface area contributed by atoms with Crippen LogP contribution in [-0.4, -0.2) is 24.1 Å². The van der Waals surface area contributed by atoms with Crippen molar-refractivity contribution in [1.29, 1.82) is 0 Å². The number of para-hydroxylation sites is 1. The number of anilines is 2. The van der Waals surface area contributed by atoms with Crippen LogP contribution in [0.1, 0.15) is 22.8 Å². The molecule has 3 aromatic carbocycles. The number of carbonyl (C=O) groups excluding carboxylic acids is 2. The van der Waals surface area contributed by atoms with Gasteiger partial charge in [0.05, 0.1) is 5.75 Å². The molecule has 0 heterocycles. The first kappa shape index (κ1) is 21.6. The van der Waals surface area contributed by atoms with Gasteiger partial charge in [0.2, 0.25) is 5.91 Å². The number of nitrogens with one attached hydrogen (secondary N) is 1. The lowest BCUT2D eigenvalue weighted by atomic mass is 10.1. The number of hydrogen-bond donors (Lipinski definition) is 1. The molecule has 0 bridgehead atoms. The van der Waals surface area contributed by atoms with Crippen molar-refractivity contribution >= 4 is 35.0 Å². The molecule has 0 fully saturated rings. The zero-order chi connectivity index (χ0) is 21.3. The predicted molar refractivity (Wildman–Crippen MR) is 121 cm³/mol. The average Bonchev–Trinajstić information content (AvgIpc) is 2.77. The first-order valence-electron chi connectivity index (χ1n) is 9.66. The maximum Gasteiger partial charge on any atom is 0.258 e. The summed E-state index contributed by atoms with van der Waals surface area (Å²) in [7, 11) is 0. The minimum Gasteiger partial charge on any atom is -0.325 e. The van der Waals surface area contributed by atoms with E-state index in [0.29, 0.717) is 23.5 Å². The van der Waals surface area contributed by atoms with Crippen molar-refractivity contribution in [2.75, 3.05) is 22.5 Å². The summed E-state index contributed by atoms with van der Waals surface area (Å²) in [6.45, 7) is 2.54.